The minimum absolute atomic E-state index is 0. The van der Waals surface area contributed by atoms with Gasteiger partial charge in [-0.05, 0) is 44.4 Å². The lowest BCUT2D eigenvalue weighted by Gasteiger charge is -2.23. The van der Waals surface area contributed by atoms with Gasteiger partial charge in [-0.25, -0.2) is 0 Å². The van der Waals surface area contributed by atoms with E-state index in [9.17, 15) is 0 Å². The Kier molecular flexibility index (Phi) is 5.68. The number of hydrogen-bond donors (Lipinski definition) is 2. The van der Waals surface area contributed by atoms with Gasteiger partial charge in [-0.3, -0.25) is 0 Å². The highest BCUT2D eigenvalue weighted by Gasteiger charge is 2.11. The van der Waals surface area contributed by atoms with Gasteiger partial charge >= 0.3 is 0 Å². The van der Waals surface area contributed by atoms with Crippen LogP contribution in [0, 0.1) is 0 Å². The number of imidazole rings is 1. The van der Waals surface area contributed by atoms with Crippen LogP contribution in [0.15, 0.2) is 24.3 Å². The number of nitrogens with one attached hydrogen (secondary N) is 2. The normalized spacial score (nSPS) is 18.7. The summed E-state index contributed by atoms with van der Waals surface area (Å²) in [6, 6.07) is 9.32. The summed E-state index contributed by atoms with van der Waals surface area (Å²) >= 11 is 0. The number of hydrogen-bond acceptors (Lipinski definition) is 3. The van der Waals surface area contributed by atoms with Gasteiger partial charge in [0.1, 0.15) is 0 Å². The van der Waals surface area contributed by atoms with Crippen molar-refractivity contribution in [2.75, 3.05) is 13.2 Å². The number of benzene rings is 1. The molecule has 0 saturated carbocycles. The number of fused-ring (bicyclic) bond motifs is 1. The zero-order valence-corrected chi connectivity index (χ0v) is 12.4. The number of ether oxygens (including phenoxy) is 1. The van der Waals surface area contributed by atoms with Crippen molar-refractivity contribution >= 4 is 23.4 Å². The van der Waals surface area contributed by atoms with E-state index in [1.807, 2.05) is 24.3 Å². The average molecular weight is 296 g/mol. The van der Waals surface area contributed by atoms with Gasteiger partial charge in [0.05, 0.1) is 17.6 Å². The fourth-order valence-electron chi connectivity index (χ4n) is 2.67. The average Bonchev–Trinajstić information content (AvgIpc) is 2.87. The lowest BCUT2D eigenvalue weighted by Crippen LogP contribution is -2.34. The van der Waals surface area contributed by atoms with E-state index in [1.165, 1.54) is 32.2 Å². The topological polar surface area (TPSA) is 49.9 Å². The van der Waals surface area contributed by atoms with Gasteiger partial charge in [-0.1, -0.05) is 18.6 Å². The Bertz CT molecular complexity index is 490. The first-order chi connectivity index (χ1) is 9.42. The molecular formula is C15H22ClN3O. The van der Waals surface area contributed by atoms with E-state index in [0.717, 1.165) is 24.1 Å². The van der Waals surface area contributed by atoms with Gasteiger partial charge in [0.25, 0.3) is 6.01 Å². The smallest absolute Gasteiger partial charge is 0.294 e. The zero-order valence-electron chi connectivity index (χ0n) is 11.6. The van der Waals surface area contributed by atoms with Gasteiger partial charge in [-0.2, -0.15) is 4.98 Å². The summed E-state index contributed by atoms with van der Waals surface area (Å²) in [5.74, 6) is 0. The lowest BCUT2D eigenvalue weighted by atomic mass is 10.0. The zero-order chi connectivity index (χ0) is 12.9. The summed E-state index contributed by atoms with van der Waals surface area (Å²) in [5.41, 5.74) is 2.00. The highest BCUT2D eigenvalue weighted by Crippen LogP contribution is 2.16. The third-order valence-corrected chi connectivity index (χ3v) is 3.72. The maximum absolute atomic E-state index is 5.69. The molecule has 2 N–H and O–H groups in total. The first kappa shape index (κ1) is 15.1. The molecule has 20 heavy (non-hydrogen) atoms. The highest BCUT2D eigenvalue weighted by atomic mass is 35.5. The van der Waals surface area contributed by atoms with E-state index in [2.05, 4.69) is 15.3 Å². The van der Waals surface area contributed by atoms with Crippen LogP contribution in [0.4, 0.5) is 0 Å². The molecule has 1 atom stereocenters. The van der Waals surface area contributed by atoms with Crippen LogP contribution in [0.3, 0.4) is 0 Å². The summed E-state index contributed by atoms with van der Waals surface area (Å²) in [4.78, 5) is 7.59. The van der Waals surface area contributed by atoms with Crippen molar-refractivity contribution in [3.63, 3.8) is 0 Å². The van der Waals surface area contributed by atoms with Crippen molar-refractivity contribution in [1.29, 1.82) is 0 Å². The van der Waals surface area contributed by atoms with Crippen LogP contribution in [0.2, 0.25) is 0 Å². The fraction of sp³-hybridized carbons (Fsp3) is 0.533. The molecule has 1 fully saturated rings. The van der Waals surface area contributed by atoms with E-state index in [1.54, 1.807) is 0 Å². The summed E-state index contributed by atoms with van der Waals surface area (Å²) < 4.78 is 5.69. The summed E-state index contributed by atoms with van der Waals surface area (Å²) in [6.45, 7) is 1.91. The van der Waals surface area contributed by atoms with Gasteiger partial charge in [-0.15, -0.1) is 12.4 Å². The van der Waals surface area contributed by atoms with E-state index < -0.39 is 0 Å². The van der Waals surface area contributed by atoms with Crippen molar-refractivity contribution < 1.29 is 4.74 Å². The van der Waals surface area contributed by atoms with Crippen LogP contribution in [0.5, 0.6) is 6.01 Å². The number of piperidine rings is 1. The third-order valence-electron chi connectivity index (χ3n) is 3.72. The predicted octanol–water partition coefficient (Wildman–Crippen LogP) is 3.29. The van der Waals surface area contributed by atoms with Crippen LogP contribution in [0.25, 0.3) is 11.0 Å². The summed E-state index contributed by atoms with van der Waals surface area (Å²) in [7, 11) is 0. The number of H-pyrrole nitrogens is 1. The molecule has 1 aromatic carbocycles. The van der Waals surface area contributed by atoms with Crippen molar-refractivity contribution in [2.24, 2.45) is 0 Å². The number of aromatic amines is 1. The Hall–Kier alpha value is -1.26. The molecule has 1 unspecified atom stereocenters. The number of para-hydroxylation sites is 2. The van der Waals surface area contributed by atoms with Crippen LogP contribution in [0.1, 0.15) is 32.1 Å². The standard InChI is InChI=1S/C15H21N3O.ClH/c1-2-9-14-13(8-1)17-15(18-14)19-11-5-7-12-6-3-4-10-16-12;/h1-2,8-9,12,16H,3-7,10-11H2,(H,17,18);1H. The molecule has 1 aliphatic heterocycles. The molecule has 0 bridgehead atoms. The first-order valence-corrected chi connectivity index (χ1v) is 7.23. The molecule has 2 aromatic rings. The first-order valence-electron chi connectivity index (χ1n) is 7.23. The maximum atomic E-state index is 5.69. The molecule has 2 heterocycles. The quantitative estimate of drug-likeness (QED) is 0.832. The van der Waals surface area contributed by atoms with Crippen molar-refractivity contribution in [3.05, 3.63) is 24.3 Å². The monoisotopic (exact) mass is 295 g/mol. The van der Waals surface area contributed by atoms with E-state index in [4.69, 9.17) is 4.74 Å². The minimum atomic E-state index is 0. The van der Waals surface area contributed by atoms with Gasteiger partial charge < -0.3 is 15.0 Å². The van der Waals surface area contributed by atoms with E-state index in [0.29, 0.717) is 12.1 Å². The largest absolute Gasteiger partial charge is 0.465 e. The Morgan fingerprint density at radius 1 is 1.25 bits per heavy atom. The Labute approximate surface area is 125 Å². The van der Waals surface area contributed by atoms with Crippen LogP contribution in [-0.2, 0) is 0 Å². The number of rotatable bonds is 5. The molecule has 0 spiro atoms. The van der Waals surface area contributed by atoms with E-state index >= 15 is 0 Å². The van der Waals surface area contributed by atoms with Crippen molar-refractivity contribution in [3.8, 4) is 6.01 Å². The molecule has 0 aliphatic carbocycles. The second kappa shape index (κ2) is 7.50. The molecular weight excluding hydrogens is 274 g/mol. The third kappa shape index (κ3) is 3.87. The molecule has 1 aromatic heterocycles. The number of aromatic nitrogens is 2. The summed E-state index contributed by atoms with van der Waals surface area (Å²) in [6.07, 6.45) is 6.27. The Balaban J connectivity index is 0.00000147. The van der Waals surface area contributed by atoms with Crippen molar-refractivity contribution in [1.82, 2.24) is 15.3 Å². The molecule has 0 radical (unpaired) electrons. The van der Waals surface area contributed by atoms with Gasteiger partial charge in [0.2, 0.25) is 0 Å². The number of nitrogens with zero attached hydrogens (tertiary/aromatic N) is 1. The predicted molar refractivity (Wildman–Crippen MR) is 83.7 cm³/mol. The van der Waals surface area contributed by atoms with Crippen LogP contribution >= 0.6 is 12.4 Å². The molecule has 0 amide bonds. The molecule has 1 saturated heterocycles. The molecule has 5 heteroatoms. The minimum Gasteiger partial charge on any atom is -0.465 e. The molecule has 3 rings (SSSR count). The van der Waals surface area contributed by atoms with Crippen LogP contribution < -0.4 is 10.1 Å². The lowest BCUT2D eigenvalue weighted by molar-refractivity contribution is 0.270. The van der Waals surface area contributed by atoms with E-state index in [-0.39, 0.29) is 12.4 Å². The SMILES string of the molecule is Cl.c1ccc2[nH]c(OCCCC3CCCCN3)nc2c1. The maximum Gasteiger partial charge on any atom is 0.294 e. The van der Waals surface area contributed by atoms with Crippen LogP contribution in [-0.4, -0.2) is 29.2 Å². The fourth-order valence-corrected chi connectivity index (χ4v) is 2.67. The second-order valence-corrected chi connectivity index (χ2v) is 5.20. The highest BCUT2D eigenvalue weighted by molar-refractivity contribution is 5.85. The Morgan fingerprint density at radius 3 is 2.95 bits per heavy atom. The van der Waals surface area contributed by atoms with Crippen molar-refractivity contribution in [2.45, 2.75) is 38.1 Å². The molecule has 4 nitrogen and oxygen atoms in total. The Morgan fingerprint density at radius 2 is 2.15 bits per heavy atom. The molecule has 1 aliphatic rings. The van der Waals surface area contributed by atoms with Gasteiger partial charge in [0.15, 0.2) is 0 Å². The molecule has 110 valence electrons. The second-order valence-electron chi connectivity index (χ2n) is 5.20. The van der Waals surface area contributed by atoms with Gasteiger partial charge in [0, 0.05) is 6.04 Å². The number of halogens is 1. The summed E-state index contributed by atoms with van der Waals surface area (Å²) in [5, 5.41) is 3.56.